The molecule has 1 fully saturated rings. The molecule has 1 aliphatic heterocycles. The average Bonchev–Trinajstić information content (AvgIpc) is 2.47. The van der Waals surface area contributed by atoms with Crippen LogP contribution in [-0.4, -0.2) is 50.3 Å². The van der Waals surface area contributed by atoms with Gasteiger partial charge in [-0.15, -0.1) is 0 Å². The Labute approximate surface area is 134 Å². The maximum absolute atomic E-state index is 10.8. The van der Waals surface area contributed by atoms with Crippen molar-refractivity contribution in [1.29, 1.82) is 0 Å². The van der Waals surface area contributed by atoms with Crippen LogP contribution in [0, 0.1) is 5.92 Å². The zero-order valence-corrected chi connectivity index (χ0v) is 13.5. The molecule has 0 radical (unpaired) electrons. The normalized spacial score (nSPS) is 15.7. The van der Waals surface area contributed by atoms with Crippen LogP contribution in [0.4, 0.5) is 5.69 Å². The summed E-state index contributed by atoms with van der Waals surface area (Å²) >= 11 is 0. The lowest BCUT2D eigenvalue weighted by atomic mass is 9.95. The molecule has 0 bridgehead atoms. The van der Waals surface area contributed by atoms with E-state index in [4.69, 9.17) is 9.88 Å². The first kappa shape index (κ1) is 15.8. The number of nitrogens with two attached hydrogens (primary N) is 1. The molecule has 124 valence electrons. The molecule has 0 aliphatic carbocycles. The van der Waals surface area contributed by atoms with E-state index in [1.54, 1.807) is 25.6 Å². The summed E-state index contributed by atoms with van der Waals surface area (Å²) in [4.78, 5) is 6.39. The summed E-state index contributed by atoms with van der Waals surface area (Å²) in [6.45, 7) is 2.02. The maximum Gasteiger partial charge on any atom is 0.274 e. The van der Waals surface area contributed by atoms with Gasteiger partial charge in [0.2, 0.25) is 5.88 Å². The summed E-state index contributed by atoms with van der Waals surface area (Å²) in [6.07, 6.45) is 4.19. The second kappa shape index (κ2) is 6.22. The third-order valence-corrected chi connectivity index (χ3v) is 4.45. The SMILES string of the molecule is COc1cc2nncc(N3CC(CCNS(N)(=O)=O)C3)c2cn1. The van der Waals surface area contributed by atoms with E-state index in [0.717, 1.165) is 36.1 Å². The van der Waals surface area contributed by atoms with Gasteiger partial charge >= 0.3 is 0 Å². The summed E-state index contributed by atoms with van der Waals surface area (Å²) in [5.41, 5.74) is 1.70. The lowest BCUT2D eigenvalue weighted by Crippen LogP contribution is -2.48. The minimum Gasteiger partial charge on any atom is -0.481 e. The van der Waals surface area contributed by atoms with Gasteiger partial charge in [-0.2, -0.15) is 18.6 Å². The molecule has 0 unspecified atom stereocenters. The molecule has 0 saturated carbocycles. The molecule has 3 N–H and O–H groups in total. The summed E-state index contributed by atoms with van der Waals surface area (Å²) in [6, 6.07) is 1.75. The quantitative estimate of drug-likeness (QED) is 0.738. The van der Waals surface area contributed by atoms with Crippen LogP contribution < -0.4 is 19.5 Å². The summed E-state index contributed by atoms with van der Waals surface area (Å²) in [5, 5.41) is 13.9. The predicted molar refractivity (Wildman–Crippen MR) is 85.3 cm³/mol. The minimum absolute atomic E-state index is 0.353. The van der Waals surface area contributed by atoms with Crippen LogP contribution >= 0.6 is 0 Å². The molecule has 0 spiro atoms. The molecule has 3 rings (SSSR count). The third kappa shape index (κ3) is 3.66. The summed E-state index contributed by atoms with van der Waals surface area (Å²) < 4.78 is 29.1. The lowest BCUT2D eigenvalue weighted by Gasteiger charge is -2.41. The lowest BCUT2D eigenvalue weighted by molar-refractivity contribution is 0.384. The molecule has 23 heavy (non-hydrogen) atoms. The molecule has 0 atom stereocenters. The number of anilines is 1. The Hall–Kier alpha value is -2.04. The van der Waals surface area contributed by atoms with Gasteiger partial charge in [-0.05, 0) is 12.3 Å². The number of hydrogen-bond acceptors (Lipinski definition) is 7. The summed E-state index contributed by atoms with van der Waals surface area (Å²) in [5.74, 6) is 0.915. The zero-order valence-electron chi connectivity index (χ0n) is 12.6. The molecule has 3 heterocycles. The minimum atomic E-state index is -3.61. The summed E-state index contributed by atoms with van der Waals surface area (Å²) in [7, 11) is -2.05. The zero-order chi connectivity index (χ0) is 16.4. The van der Waals surface area contributed by atoms with E-state index in [9.17, 15) is 8.42 Å². The van der Waals surface area contributed by atoms with Gasteiger partial charge in [-0.1, -0.05) is 0 Å². The second-order valence-corrected chi connectivity index (χ2v) is 6.85. The Morgan fingerprint density at radius 3 is 2.91 bits per heavy atom. The van der Waals surface area contributed by atoms with Crippen LogP contribution in [0.15, 0.2) is 18.5 Å². The highest BCUT2D eigenvalue weighted by Crippen LogP contribution is 2.31. The number of aromatic nitrogens is 3. The first-order valence-corrected chi connectivity index (χ1v) is 8.68. The molecule has 0 aromatic carbocycles. The maximum atomic E-state index is 10.8. The van der Waals surface area contributed by atoms with Gasteiger partial charge in [0.25, 0.3) is 10.2 Å². The number of nitrogens with one attached hydrogen (secondary N) is 1. The van der Waals surface area contributed by atoms with E-state index in [0.29, 0.717) is 18.3 Å². The number of ether oxygens (including phenoxy) is 1. The van der Waals surface area contributed by atoms with Crippen LogP contribution in [0.1, 0.15) is 6.42 Å². The molecule has 9 nitrogen and oxygen atoms in total. The number of methoxy groups -OCH3 is 1. The van der Waals surface area contributed by atoms with E-state index in [1.165, 1.54) is 0 Å². The molecule has 2 aromatic heterocycles. The molecule has 0 amide bonds. The van der Waals surface area contributed by atoms with Crippen molar-refractivity contribution in [3.63, 3.8) is 0 Å². The highest BCUT2D eigenvalue weighted by atomic mass is 32.2. The fraction of sp³-hybridized carbons (Fsp3) is 0.462. The molecular formula is C13H18N6O3S. The Morgan fingerprint density at radius 2 is 2.22 bits per heavy atom. The van der Waals surface area contributed by atoms with Crippen LogP contribution in [0.5, 0.6) is 5.88 Å². The number of fused-ring (bicyclic) bond motifs is 1. The van der Waals surface area contributed by atoms with Gasteiger partial charge < -0.3 is 9.64 Å². The van der Waals surface area contributed by atoms with Gasteiger partial charge in [0.15, 0.2) is 0 Å². The van der Waals surface area contributed by atoms with Crippen LogP contribution in [0.3, 0.4) is 0 Å². The standard InChI is InChI=1S/C13H18N6O3S/c1-22-13-4-11-10(5-15-13)12(6-16-18-11)19-7-9(8-19)2-3-17-23(14,20)21/h4-6,9,17H,2-3,7-8H2,1H3,(H2,14,20,21). The third-order valence-electron chi connectivity index (χ3n) is 3.84. The van der Waals surface area contributed by atoms with E-state index >= 15 is 0 Å². The molecule has 2 aromatic rings. The van der Waals surface area contributed by atoms with Gasteiger partial charge in [0.1, 0.15) is 5.52 Å². The average molecular weight is 338 g/mol. The number of pyridine rings is 1. The van der Waals surface area contributed by atoms with Crippen LogP contribution in [-0.2, 0) is 10.2 Å². The Morgan fingerprint density at radius 1 is 1.43 bits per heavy atom. The van der Waals surface area contributed by atoms with E-state index in [-0.39, 0.29) is 0 Å². The molecule has 10 heteroatoms. The van der Waals surface area contributed by atoms with E-state index < -0.39 is 10.2 Å². The van der Waals surface area contributed by atoms with Crippen molar-refractivity contribution in [2.45, 2.75) is 6.42 Å². The van der Waals surface area contributed by atoms with Crippen molar-refractivity contribution < 1.29 is 13.2 Å². The highest BCUT2D eigenvalue weighted by Gasteiger charge is 2.28. The highest BCUT2D eigenvalue weighted by molar-refractivity contribution is 7.87. The van der Waals surface area contributed by atoms with E-state index in [1.807, 2.05) is 0 Å². The van der Waals surface area contributed by atoms with Crippen molar-refractivity contribution in [3.05, 3.63) is 18.5 Å². The predicted octanol–water partition coefficient (Wildman–Crippen LogP) is -0.347. The van der Waals surface area contributed by atoms with Crippen molar-refractivity contribution in [2.24, 2.45) is 11.1 Å². The van der Waals surface area contributed by atoms with Gasteiger partial charge in [-0.3, -0.25) is 0 Å². The number of hydrogen-bond donors (Lipinski definition) is 2. The van der Waals surface area contributed by atoms with Crippen LogP contribution in [0.25, 0.3) is 10.9 Å². The molecule has 1 saturated heterocycles. The largest absolute Gasteiger partial charge is 0.481 e. The van der Waals surface area contributed by atoms with Gasteiger partial charge in [-0.25, -0.2) is 14.8 Å². The van der Waals surface area contributed by atoms with Crippen molar-refractivity contribution >= 4 is 26.8 Å². The number of rotatable bonds is 6. The molecule has 1 aliphatic rings. The fourth-order valence-electron chi connectivity index (χ4n) is 2.64. The Kier molecular flexibility index (Phi) is 4.28. The second-order valence-electron chi connectivity index (χ2n) is 5.47. The smallest absolute Gasteiger partial charge is 0.274 e. The Balaban J connectivity index is 1.64. The number of nitrogens with zero attached hydrogens (tertiary/aromatic N) is 4. The fourth-order valence-corrected chi connectivity index (χ4v) is 3.04. The van der Waals surface area contributed by atoms with Gasteiger partial charge in [0, 0.05) is 37.3 Å². The first-order valence-electron chi connectivity index (χ1n) is 7.14. The Bertz CT molecular complexity index is 806. The van der Waals surface area contributed by atoms with Gasteiger partial charge in [0.05, 0.1) is 19.0 Å². The van der Waals surface area contributed by atoms with Crippen molar-refractivity contribution in [2.75, 3.05) is 31.6 Å². The first-order chi connectivity index (χ1) is 11.0. The topological polar surface area (TPSA) is 123 Å². The monoisotopic (exact) mass is 338 g/mol. The van der Waals surface area contributed by atoms with Crippen LogP contribution in [0.2, 0.25) is 0 Å². The van der Waals surface area contributed by atoms with Crippen molar-refractivity contribution in [1.82, 2.24) is 19.9 Å². The van der Waals surface area contributed by atoms with E-state index in [2.05, 4.69) is 24.8 Å². The van der Waals surface area contributed by atoms with Crippen molar-refractivity contribution in [3.8, 4) is 5.88 Å². The molecular weight excluding hydrogens is 320 g/mol.